The molecule has 0 rings (SSSR count). The molecule has 3 unspecified atom stereocenters. The van der Waals surface area contributed by atoms with Gasteiger partial charge in [-0.25, -0.2) is 0 Å². The zero-order valence-electron chi connectivity index (χ0n) is 31.5. The standard InChI is InChI=1S/C40H79NO6S/c1-3-5-7-9-11-13-15-17-19-20-21-23-25-27-29-31-33-35-39(43)40(44)41-37(36-48(45,46)47)38(42)34-32-30-28-26-24-22-18-16-14-12-10-8-6-4-2/h32,34,37-39,42-43H,3-31,33,35-36H2,1-2H3,(H,41,44)(H,45,46,47)/b34-32+. The van der Waals surface area contributed by atoms with Crippen molar-refractivity contribution < 1.29 is 28.0 Å². The summed E-state index contributed by atoms with van der Waals surface area (Å²) in [7, 11) is -4.43. The molecule has 0 bridgehead atoms. The minimum absolute atomic E-state index is 0.286. The van der Waals surface area contributed by atoms with Crippen molar-refractivity contribution in [3.63, 3.8) is 0 Å². The van der Waals surface area contributed by atoms with Gasteiger partial charge in [-0.15, -0.1) is 0 Å². The van der Waals surface area contributed by atoms with Gasteiger partial charge in [0.1, 0.15) is 6.10 Å². The summed E-state index contributed by atoms with van der Waals surface area (Å²) in [5.74, 6) is -1.53. The van der Waals surface area contributed by atoms with Crippen LogP contribution in [-0.2, 0) is 14.9 Å². The number of aliphatic hydroxyl groups is 2. The fraction of sp³-hybridized carbons (Fsp3) is 0.925. The second-order valence-corrected chi connectivity index (χ2v) is 15.9. The van der Waals surface area contributed by atoms with Crippen LogP contribution in [-0.4, -0.2) is 53.1 Å². The third-order valence-corrected chi connectivity index (χ3v) is 10.4. The number of carbonyl (C=O) groups is 1. The van der Waals surface area contributed by atoms with Crippen LogP contribution in [0.2, 0.25) is 0 Å². The van der Waals surface area contributed by atoms with E-state index in [4.69, 9.17) is 0 Å². The molecule has 3 atom stereocenters. The SMILES string of the molecule is CCCCCCCCCCCCCC/C=C/C(O)C(CS(=O)(=O)O)NC(=O)C(O)CCCCCCCCCCCCCCCCCCC. The van der Waals surface area contributed by atoms with E-state index in [0.717, 1.165) is 38.5 Å². The third-order valence-electron chi connectivity index (χ3n) is 9.57. The molecule has 4 N–H and O–H groups in total. The molecule has 0 aromatic rings. The lowest BCUT2D eigenvalue weighted by Crippen LogP contribution is -2.50. The van der Waals surface area contributed by atoms with Crippen molar-refractivity contribution in [3.05, 3.63) is 12.2 Å². The first-order valence-corrected chi connectivity index (χ1v) is 22.1. The lowest BCUT2D eigenvalue weighted by molar-refractivity contribution is -0.130. The van der Waals surface area contributed by atoms with Crippen LogP contribution in [0.25, 0.3) is 0 Å². The van der Waals surface area contributed by atoms with E-state index in [9.17, 15) is 28.0 Å². The molecule has 0 radical (unpaired) electrons. The predicted molar refractivity (Wildman–Crippen MR) is 204 cm³/mol. The summed E-state index contributed by atoms with van der Waals surface area (Å²) >= 11 is 0. The molecule has 0 aromatic heterocycles. The van der Waals surface area contributed by atoms with Gasteiger partial charge in [-0.3, -0.25) is 9.35 Å². The number of unbranched alkanes of at least 4 members (excludes halogenated alkanes) is 28. The molecule has 8 heteroatoms. The molecule has 0 saturated heterocycles. The molecule has 0 aliphatic rings. The second-order valence-electron chi connectivity index (χ2n) is 14.4. The first-order valence-electron chi connectivity index (χ1n) is 20.5. The lowest BCUT2D eigenvalue weighted by Gasteiger charge is -2.22. The van der Waals surface area contributed by atoms with Gasteiger partial charge in [0.05, 0.1) is 17.9 Å². The molecular weight excluding hydrogens is 623 g/mol. The summed E-state index contributed by atoms with van der Waals surface area (Å²) in [6.45, 7) is 4.51. The van der Waals surface area contributed by atoms with E-state index in [2.05, 4.69) is 19.2 Å². The number of amides is 1. The number of hydrogen-bond acceptors (Lipinski definition) is 5. The third kappa shape index (κ3) is 33.5. The Labute approximate surface area is 297 Å². The Balaban J connectivity index is 4.01. The topological polar surface area (TPSA) is 124 Å². The molecule has 48 heavy (non-hydrogen) atoms. The molecule has 286 valence electrons. The monoisotopic (exact) mass is 702 g/mol. The van der Waals surface area contributed by atoms with Crippen LogP contribution in [0.3, 0.4) is 0 Å². The van der Waals surface area contributed by atoms with Crippen LogP contribution >= 0.6 is 0 Å². The Kier molecular flexibility index (Phi) is 33.8. The van der Waals surface area contributed by atoms with E-state index < -0.39 is 40.0 Å². The highest BCUT2D eigenvalue weighted by Crippen LogP contribution is 2.16. The van der Waals surface area contributed by atoms with E-state index >= 15 is 0 Å². The van der Waals surface area contributed by atoms with Gasteiger partial charge in [-0.2, -0.15) is 8.42 Å². The van der Waals surface area contributed by atoms with Gasteiger partial charge in [-0.1, -0.05) is 206 Å². The zero-order valence-corrected chi connectivity index (χ0v) is 32.3. The summed E-state index contributed by atoms with van der Waals surface area (Å²) in [5, 5.41) is 23.4. The van der Waals surface area contributed by atoms with Crippen LogP contribution in [0.4, 0.5) is 0 Å². The highest BCUT2D eigenvalue weighted by molar-refractivity contribution is 7.85. The van der Waals surface area contributed by atoms with E-state index in [1.165, 1.54) is 154 Å². The number of carbonyl (C=O) groups excluding carboxylic acids is 1. The van der Waals surface area contributed by atoms with Gasteiger partial charge < -0.3 is 15.5 Å². The first kappa shape index (κ1) is 47.0. The first-order chi connectivity index (χ1) is 23.2. The van der Waals surface area contributed by atoms with Crippen molar-refractivity contribution in [3.8, 4) is 0 Å². The molecule has 0 heterocycles. The summed E-state index contributed by atoms with van der Waals surface area (Å²) in [6, 6.07) is -1.23. The van der Waals surface area contributed by atoms with E-state index in [0.29, 0.717) is 6.42 Å². The number of allylic oxidation sites excluding steroid dienone is 1. The van der Waals surface area contributed by atoms with Gasteiger partial charge in [0, 0.05) is 0 Å². The molecule has 0 aromatic carbocycles. The Morgan fingerprint density at radius 1 is 0.562 bits per heavy atom. The van der Waals surface area contributed by atoms with Gasteiger partial charge in [0.25, 0.3) is 10.1 Å². The van der Waals surface area contributed by atoms with Crippen molar-refractivity contribution in [2.24, 2.45) is 0 Å². The molecule has 0 fully saturated rings. The molecule has 0 spiro atoms. The zero-order chi connectivity index (χ0) is 35.6. The minimum Gasteiger partial charge on any atom is -0.387 e. The van der Waals surface area contributed by atoms with Crippen LogP contribution in [0.1, 0.15) is 213 Å². The van der Waals surface area contributed by atoms with Gasteiger partial charge >= 0.3 is 0 Å². The van der Waals surface area contributed by atoms with Crippen molar-refractivity contribution in [2.45, 2.75) is 231 Å². The maximum absolute atomic E-state index is 12.6. The van der Waals surface area contributed by atoms with Crippen LogP contribution in [0.15, 0.2) is 12.2 Å². The average Bonchev–Trinajstić information content (AvgIpc) is 3.05. The summed E-state index contributed by atoms with van der Waals surface area (Å²) < 4.78 is 32.5. The molecular formula is C40H79NO6S. The highest BCUT2D eigenvalue weighted by Gasteiger charge is 2.27. The number of nitrogens with one attached hydrogen (secondary N) is 1. The number of rotatable bonds is 37. The fourth-order valence-electron chi connectivity index (χ4n) is 6.40. The maximum atomic E-state index is 12.6. The molecule has 7 nitrogen and oxygen atoms in total. The lowest BCUT2D eigenvalue weighted by atomic mass is 10.0. The molecule has 1 amide bonds. The summed E-state index contributed by atoms with van der Waals surface area (Å²) in [4.78, 5) is 12.6. The van der Waals surface area contributed by atoms with Crippen molar-refractivity contribution in [1.82, 2.24) is 5.32 Å². The van der Waals surface area contributed by atoms with Crippen molar-refractivity contribution in [1.29, 1.82) is 0 Å². The smallest absolute Gasteiger partial charge is 0.267 e. The van der Waals surface area contributed by atoms with Crippen LogP contribution < -0.4 is 5.32 Å². The predicted octanol–water partition coefficient (Wildman–Crippen LogP) is 10.8. The fourth-order valence-corrected chi connectivity index (χ4v) is 7.13. The van der Waals surface area contributed by atoms with E-state index in [-0.39, 0.29) is 6.42 Å². The maximum Gasteiger partial charge on any atom is 0.267 e. The highest BCUT2D eigenvalue weighted by atomic mass is 32.2. The van der Waals surface area contributed by atoms with E-state index in [1.807, 2.05) is 0 Å². The Morgan fingerprint density at radius 3 is 1.25 bits per heavy atom. The average molecular weight is 702 g/mol. The molecule has 0 saturated carbocycles. The normalized spacial score (nSPS) is 14.0. The van der Waals surface area contributed by atoms with Crippen LogP contribution in [0, 0.1) is 0 Å². The van der Waals surface area contributed by atoms with E-state index in [1.54, 1.807) is 6.08 Å². The largest absolute Gasteiger partial charge is 0.387 e. The summed E-state index contributed by atoms with van der Waals surface area (Å²) in [5.41, 5.74) is 0. The molecule has 0 aliphatic heterocycles. The Hall–Kier alpha value is -0.960. The van der Waals surface area contributed by atoms with Crippen molar-refractivity contribution >= 4 is 16.0 Å². The number of hydrogen-bond donors (Lipinski definition) is 4. The van der Waals surface area contributed by atoms with Crippen molar-refractivity contribution in [2.75, 3.05) is 5.75 Å². The Morgan fingerprint density at radius 2 is 0.896 bits per heavy atom. The quantitative estimate of drug-likeness (QED) is 0.0290. The summed E-state index contributed by atoms with van der Waals surface area (Å²) in [6.07, 6.45) is 38.3. The minimum atomic E-state index is -4.43. The van der Waals surface area contributed by atoms with Crippen LogP contribution in [0.5, 0.6) is 0 Å². The number of aliphatic hydroxyl groups excluding tert-OH is 2. The molecule has 0 aliphatic carbocycles. The Bertz CT molecular complexity index is 834. The van der Waals surface area contributed by atoms with Gasteiger partial charge in [-0.05, 0) is 19.3 Å². The second kappa shape index (κ2) is 34.5. The van der Waals surface area contributed by atoms with Gasteiger partial charge in [0.2, 0.25) is 5.91 Å². The van der Waals surface area contributed by atoms with Gasteiger partial charge in [0.15, 0.2) is 0 Å².